The van der Waals surface area contributed by atoms with Gasteiger partial charge in [0, 0.05) is 17.3 Å². The van der Waals surface area contributed by atoms with Crippen molar-refractivity contribution in [1.82, 2.24) is 4.98 Å². The first-order valence-corrected chi connectivity index (χ1v) is 5.77. The largest absolute Gasteiger partial charge is 0.256 e. The predicted octanol–water partition coefficient (Wildman–Crippen LogP) is 4.68. The van der Waals surface area contributed by atoms with Gasteiger partial charge in [0.1, 0.15) is 0 Å². The van der Waals surface area contributed by atoms with Gasteiger partial charge < -0.3 is 0 Å². The van der Waals surface area contributed by atoms with E-state index >= 15 is 0 Å². The zero-order valence-corrected chi connectivity index (χ0v) is 10.3. The second kappa shape index (κ2) is 5.28. The highest BCUT2D eigenvalue weighted by atomic mass is 14.7. The summed E-state index contributed by atoms with van der Waals surface area (Å²) in [4.78, 5) is 4.42. The van der Waals surface area contributed by atoms with Crippen LogP contribution in [-0.4, -0.2) is 4.98 Å². The number of pyridine rings is 1. The fraction of sp³-hybridized carbons (Fsp3) is 0. The Hall–Kier alpha value is -2.41. The maximum Gasteiger partial charge on any atom is 0.0708 e. The van der Waals surface area contributed by atoms with Gasteiger partial charge in [-0.05, 0) is 17.2 Å². The number of nitrogens with zero attached hydrogens (tertiary/aromatic N) is 1. The van der Waals surface area contributed by atoms with Crippen molar-refractivity contribution in [2.24, 2.45) is 0 Å². The number of aromatic nitrogens is 1. The summed E-state index contributed by atoms with van der Waals surface area (Å²) in [6, 6.07) is 10.1. The van der Waals surface area contributed by atoms with Crippen LogP contribution in [0.3, 0.4) is 0 Å². The molecule has 0 bridgehead atoms. The van der Waals surface area contributed by atoms with Crippen molar-refractivity contribution in [3.8, 4) is 11.1 Å². The van der Waals surface area contributed by atoms with E-state index in [-0.39, 0.29) is 0 Å². The van der Waals surface area contributed by atoms with Crippen LogP contribution in [0.1, 0.15) is 16.8 Å². The Bertz CT molecular complexity index is 595. The first-order chi connectivity index (χ1) is 8.81. The quantitative estimate of drug-likeness (QED) is 0.747. The molecule has 0 aliphatic carbocycles. The van der Waals surface area contributed by atoms with Gasteiger partial charge in [-0.2, -0.15) is 0 Å². The molecule has 0 fully saturated rings. The molecule has 0 aliphatic heterocycles. The molecule has 2 rings (SSSR count). The first kappa shape index (κ1) is 12.1. The normalized spacial score (nSPS) is 9.78. The molecule has 0 saturated carbocycles. The lowest BCUT2D eigenvalue weighted by Gasteiger charge is -2.12. The van der Waals surface area contributed by atoms with E-state index in [1.807, 2.05) is 24.3 Å². The lowest BCUT2D eigenvalue weighted by molar-refractivity contribution is 1.28. The van der Waals surface area contributed by atoms with Crippen LogP contribution in [0.4, 0.5) is 0 Å². The molecule has 0 amide bonds. The highest BCUT2D eigenvalue weighted by Gasteiger charge is 2.11. The smallest absolute Gasteiger partial charge is 0.0708 e. The third kappa shape index (κ3) is 2.03. The van der Waals surface area contributed by atoms with Crippen LogP contribution in [-0.2, 0) is 0 Å². The Balaban J connectivity index is 2.81. The third-order valence-electron chi connectivity index (χ3n) is 2.86. The van der Waals surface area contributed by atoms with E-state index < -0.39 is 0 Å². The molecule has 1 aromatic heterocycles. The molecule has 0 radical (unpaired) electrons. The number of hydrogen-bond acceptors (Lipinski definition) is 1. The van der Waals surface area contributed by atoms with Crippen molar-refractivity contribution in [3.05, 3.63) is 73.1 Å². The first-order valence-electron chi connectivity index (χ1n) is 5.77. The summed E-state index contributed by atoms with van der Waals surface area (Å²) in [5, 5.41) is 0. The van der Waals surface area contributed by atoms with Crippen molar-refractivity contribution < 1.29 is 0 Å². The van der Waals surface area contributed by atoms with Gasteiger partial charge in [0.2, 0.25) is 0 Å². The summed E-state index contributed by atoms with van der Waals surface area (Å²) in [6.45, 7) is 11.5. The van der Waals surface area contributed by atoms with E-state index in [1.165, 1.54) is 0 Å². The summed E-state index contributed by atoms with van der Waals surface area (Å²) < 4.78 is 0. The molecule has 88 valence electrons. The number of hydrogen-bond donors (Lipinski definition) is 0. The summed E-state index contributed by atoms with van der Waals surface area (Å²) in [5.74, 6) is 0. The average molecular weight is 233 g/mol. The van der Waals surface area contributed by atoms with E-state index in [9.17, 15) is 0 Å². The van der Waals surface area contributed by atoms with Gasteiger partial charge in [-0.15, -0.1) is 0 Å². The van der Waals surface area contributed by atoms with E-state index in [1.54, 1.807) is 18.3 Å². The van der Waals surface area contributed by atoms with E-state index in [0.29, 0.717) is 0 Å². The minimum atomic E-state index is 0.863. The Labute approximate surface area is 108 Å². The lowest BCUT2D eigenvalue weighted by Crippen LogP contribution is -1.94. The number of benzene rings is 1. The van der Waals surface area contributed by atoms with Crippen molar-refractivity contribution in [2.75, 3.05) is 0 Å². The topological polar surface area (TPSA) is 12.9 Å². The van der Waals surface area contributed by atoms with Crippen molar-refractivity contribution in [2.45, 2.75) is 0 Å². The van der Waals surface area contributed by atoms with Gasteiger partial charge in [0.15, 0.2) is 0 Å². The molecule has 0 atom stereocenters. The second-order valence-corrected chi connectivity index (χ2v) is 3.87. The minimum Gasteiger partial charge on any atom is -0.256 e. The van der Waals surface area contributed by atoms with E-state index in [2.05, 4.69) is 36.9 Å². The SMILES string of the molecule is C=Cc1cnc(C=C)c(-c2ccccc2)c1C=C. The van der Waals surface area contributed by atoms with Crippen LogP contribution < -0.4 is 0 Å². The molecule has 0 N–H and O–H groups in total. The molecular formula is C17H15N. The molecule has 1 heteroatoms. The van der Waals surface area contributed by atoms with E-state index in [0.717, 1.165) is 27.9 Å². The van der Waals surface area contributed by atoms with Crippen molar-refractivity contribution in [1.29, 1.82) is 0 Å². The van der Waals surface area contributed by atoms with Gasteiger partial charge in [-0.3, -0.25) is 4.98 Å². The van der Waals surface area contributed by atoms with Crippen LogP contribution >= 0.6 is 0 Å². The zero-order chi connectivity index (χ0) is 13.0. The molecule has 2 aromatic rings. The monoisotopic (exact) mass is 233 g/mol. The Morgan fingerprint density at radius 1 is 0.889 bits per heavy atom. The summed E-state index contributed by atoms with van der Waals surface area (Å²) in [7, 11) is 0. The second-order valence-electron chi connectivity index (χ2n) is 3.87. The van der Waals surface area contributed by atoms with Crippen LogP contribution in [0.25, 0.3) is 29.4 Å². The molecular weight excluding hydrogens is 218 g/mol. The van der Waals surface area contributed by atoms with Crippen LogP contribution in [0.5, 0.6) is 0 Å². The van der Waals surface area contributed by atoms with Crippen LogP contribution in [0, 0.1) is 0 Å². The zero-order valence-electron chi connectivity index (χ0n) is 10.3. The maximum atomic E-state index is 4.42. The van der Waals surface area contributed by atoms with Crippen molar-refractivity contribution in [3.63, 3.8) is 0 Å². The molecule has 0 saturated heterocycles. The van der Waals surface area contributed by atoms with Gasteiger partial charge in [-0.25, -0.2) is 0 Å². The average Bonchev–Trinajstić information content (AvgIpc) is 2.46. The molecule has 1 heterocycles. The van der Waals surface area contributed by atoms with Gasteiger partial charge in [-0.1, -0.05) is 62.2 Å². The number of rotatable bonds is 4. The van der Waals surface area contributed by atoms with Crippen LogP contribution in [0.2, 0.25) is 0 Å². The predicted molar refractivity (Wildman–Crippen MR) is 79.9 cm³/mol. The molecule has 18 heavy (non-hydrogen) atoms. The fourth-order valence-corrected chi connectivity index (χ4v) is 2.00. The highest BCUT2D eigenvalue weighted by molar-refractivity contribution is 5.84. The summed E-state index contributed by atoms with van der Waals surface area (Å²) >= 11 is 0. The molecule has 1 aromatic carbocycles. The molecule has 0 unspecified atom stereocenters. The molecule has 0 aliphatic rings. The Kier molecular flexibility index (Phi) is 3.54. The third-order valence-corrected chi connectivity index (χ3v) is 2.86. The van der Waals surface area contributed by atoms with Crippen molar-refractivity contribution >= 4 is 18.2 Å². The summed E-state index contributed by atoms with van der Waals surface area (Å²) in [5.41, 5.74) is 5.05. The van der Waals surface area contributed by atoms with E-state index in [4.69, 9.17) is 0 Å². The Morgan fingerprint density at radius 3 is 2.17 bits per heavy atom. The Morgan fingerprint density at radius 2 is 1.61 bits per heavy atom. The van der Waals surface area contributed by atoms with Gasteiger partial charge >= 0.3 is 0 Å². The fourth-order valence-electron chi connectivity index (χ4n) is 2.00. The molecule has 0 spiro atoms. The highest BCUT2D eigenvalue weighted by Crippen LogP contribution is 2.30. The maximum absolute atomic E-state index is 4.42. The minimum absolute atomic E-state index is 0.863. The standard InChI is InChI=1S/C17H15N/c1-4-13-12-18-16(6-3)17(15(13)5-2)14-10-8-7-9-11-14/h4-12H,1-3H2. The van der Waals surface area contributed by atoms with Gasteiger partial charge in [0.25, 0.3) is 0 Å². The van der Waals surface area contributed by atoms with Crippen LogP contribution in [0.15, 0.2) is 56.3 Å². The molecule has 1 nitrogen and oxygen atoms in total. The summed E-state index contributed by atoms with van der Waals surface area (Å²) in [6.07, 6.45) is 7.20. The lowest BCUT2D eigenvalue weighted by atomic mass is 9.95. The van der Waals surface area contributed by atoms with Gasteiger partial charge in [0.05, 0.1) is 5.69 Å².